The molecule has 0 saturated heterocycles. The number of hydrazine groups is 1. The molecule has 0 aliphatic rings. The second-order valence-corrected chi connectivity index (χ2v) is 6.60. The van der Waals surface area contributed by atoms with E-state index in [1.165, 1.54) is 35.6 Å². The molecule has 0 spiro atoms. The Hall–Kier alpha value is -1.93. The Kier molecular flexibility index (Phi) is 6.74. The van der Waals surface area contributed by atoms with Crippen molar-refractivity contribution in [1.82, 2.24) is 16.2 Å². The first-order chi connectivity index (χ1) is 11.5. The Morgan fingerprint density at radius 3 is 2.62 bits per heavy atom. The van der Waals surface area contributed by atoms with Crippen molar-refractivity contribution in [3.63, 3.8) is 0 Å². The third-order valence-electron chi connectivity index (χ3n) is 2.64. The monoisotopic (exact) mass is 399 g/mol. The molecule has 1 aromatic heterocycles. The lowest BCUT2D eigenvalue weighted by Gasteiger charge is -2.10. The summed E-state index contributed by atoms with van der Waals surface area (Å²) in [5.41, 5.74) is 4.99. The van der Waals surface area contributed by atoms with E-state index in [4.69, 9.17) is 35.4 Å². The zero-order valence-electron chi connectivity index (χ0n) is 12.0. The quantitative estimate of drug-likeness (QED) is 0.420. The number of halogens is 2. The summed E-state index contributed by atoms with van der Waals surface area (Å²) < 4.78 is 0. The molecule has 0 bridgehead atoms. The van der Waals surface area contributed by atoms with Gasteiger partial charge in [-0.25, -0.2) is 0 Å². The van der Waals surface area contributed by atoms with E-state index in [0.717, 1.165) is 4.88 Å². The molecule has 0 aliphatic carbocycles. The number of hydrogen-bond donors (Lipinski definition) is 3. The fourth-order valence-electron chi connectivity index (χ4n) is 1.58. The molecule has 24 heavy (non-hydrogen) atoms. The Morgan fingerprint density at radius 1 is 1.17 bits per heavy atom. The zero-order valence-corrected chi connectivity index (χ0v) is 15.2. The van der Waals surface area contributed by atoms with Crippen LogP contribution in [0.4, 0.5) is 0 Å². The average molecular weight is 400 g/mol. The van der Waals surface area contributed by atoms with Crippen molar-refractivity contribution in [3.05, 3.63) is 62.3 Å². The van der Waals surface area contributed by atoms with E-state index in [0.29, 0.717) is 5.02 Å². The molecule has 124 valence electrons. The molecule has 2 aromatic rings. The van der Waals surface area contributed by atoms with Gasteiger partial charge in [0.1, 0.15) is 0 Å². The molecule has 0 aliphatic heterocycles. The zero-order chi connectivity index (χ0) is 17.5. The maximum absolute atomic E-state index is 12.0. The van der Waals surface area contributed by atoms with E-state index in [2.05, 4.69) is 16.2 Å². The highest BCUT2D eigenvalue weighted by atomic mass is 35.5. The Morgan fingerprint density at radius 2 is 1.96 bits per heavy atom. The molecule has 0 atom stereocenters. The van der Waals surface area contributed by atoms with Crippen molar-refractivity contribution in [1.29, 1.82) is 0 Å². The van der Waals surface area contributed by atoms with E-state index in [-0.39, 0.29) is 15.7 Å². The molecule has 0 unspecified atom stereocenters. The van der Waals surface area contributed by atoms with Crippen molar-refractivity contribution in [3.8, 4) is 0 Å². The summed E-state index contributed by atoms with van der Waals surface area (Å²) in [5, 5.41) is 4.89. The van der Waals surface area contributed by atoms with E-state index in [1.807, 2.05) is 17.5 Å². The number of carbonyl (C=O) groups is 2. The van der Waals surface area contributed by atoms with E-state index >= 15 is 0 Å². The maximum atomic E-state index is 12.0. The summed E-state index contributed by atoms with van der Waals surface area (Å²) in [6.07, 6.45) is 3.01. The summed E-state index contributed by atoms with van der Waals surface area (Å²) in [5.74, 6) is -0.929. The second-order valence-electron chi connectivity index (χ2n) is 4.37. The Balaban J connectivity index is 1.82. The molecule has 5 nitrogen and oxygen atoms in total. The lowest BCUT2D eigenvalue weighted by Crippen LogP contribution is -2.48. The van der Waals surface area contributed by atoms with Crippen LogP contribution in [0.25, 0.3) is 6.08 Å². The van der Waals surface area contributed by atoms with Gasteiger partial charge < -0.3 is 0 Å². The SMILES string of the molecule is O=C(/C=C/c1cccs1)NC(=S)NNC(=O)c1ccc(Cl)cc1Cl. The van der Waals surface area contributed by atoms with Gasteiger partial charge in [-0.2, -0.15) is 0 Å². The molecule has 2 rings (SSSR count). The third-order valence-corrected chi connectivity index (χ3v) is 4.23. The normalized spacial score (nSPS) is 10.4. The smallest absolute Gasteiger partial charge is 0.271 e. The first-order valence-electron chi connectivity index (χ1n) is 6.53. The number of nitrogens with one attached hydrogen (secondary N) is 3. The highest BCUT2D eigenvalue weighted by molar-refractivity contribution is 7.80. The van der Waals surface area contributed by atoms with Crippen LogP contribution in [0, 0.1) is 0 Å². The third kappa shape index (κ3) is 5.61. The maximum Gasteiger partial charge on any atom is 0.271 e. The number of hydrogen-bond acceptors (Lipinski definition) is 4. The van der Waals surface area contributed by atoms with Crippen LogP contribution >= 0.6 is 46.8 Å². The van der Waals surface area contributed by atoms with Crippen LogP contribution < -0.4 is 16.2 Å². The van der Waals surface area contributed by atoms with Crippen molar-refractivity contribution in [2.75, 3.05) is 0 Å². The van der Waals surface area contributed by atoms with Crippen LogP contribution in [0.3, 0.4) is 0 Å². The number of amides is 2. The minimum Gasteiger partial charge on any atom is -0.298 e. The summed E-state index contributed by atoms with van der Waals surface area (Å²) in [6, 6.07) is 8.23. The predicted octanol–water partition coefficient (Wildman–Crippen LogP) is 3.40. The molecule has 2 amide bonds. The van der Waals surface area contributed by atoms with Gasteiger partial charge in [-0.3, -0.25) is 25.8 Å². The van der Waals surface area contributed by atoms with Crippen molar-refractivity contribution in [2.45, 2.75) is 0 Å². The van der Waals surface area contributed by atoms with Gasteiger partial charge in [-0.1, -0.05) is 29.3 Å². The van der Waals surface area contributed by atoms with Crippen molar-refractivity contribution < 1.29 is 9.59 Å². The molecule has 0 radical (unpaired) electrons. The lowest BCUT2D eigenvalue weighted by molar-refractivity contribution is -0.115. The van der Waals surface area contributed by atoms with E-state index in [1.54, 1.807) is 6.08 Å². The summed E-state index contributed by atoms with van der Waals surface area (Å²) in [6.45, 7) is 0. The highest BCUT2D eigenvalue weighted by Crippen LogP contribution is 2.20. The van der Waals surface area contributed by atoms with E-state index in [9.17, 15) is 9.59 Å². The molecule has 1 aromatic carbocycles. The van der Waals surface area contributed by atoms with Crippen LogP contribution in [-0.4, -0.2) is 16.9 Å². The summed E-state index contributed by atoms with van der Waals surface area (Å²) in [4.78, 5) is 24.6. The van der Waals surface area contributed by atoms with Gasteiger partial charge >= 0.3 is 0 Å². The van der Waals surface area contributed by atoms with E-state index < -0.39 is 11.8 Å². The molecular weight excluding hydrogens is 389 g/mol. The number of carbonyl (C=O) groups excluding carboxylic acids is 2. The minimum absolute atomic E-state index is 0.0470. The van der Waals surface area contributed by atoms with Gasteiger partial charge in [-0.05, 0) is 47.9 Å². The van der Waals surface area contributed by atoms with Crippen molar-refractivity contribution in [2.24, 2.45) is 0 Å². The molecule has 0 saturated carbocycles. The largest absolute Gasteiger partial charge is 0.298 e. The standard InChI is InChI=1S/C15H11Cl2N3O2S2/c16-9-3-5-11(12(17)8-9)14(22)19-20-15(23)18-13(21)6-4-10-2-1-7-24-10/h1-8H,(H,19,22)(H2,18,20,21,23)/b6-4+. The van der Waals surface area contributed by atoms with Crippen LogP contribution in [0.15, 0.2) is 41.8 Å². The fourth-order valence-corrected chi connectivity index (χ4v) is 2.85. The molecule has 3 N–H and O–H groups in total. The molecular formula is C15H11Cl2N3O2S2. The second kappa shape index (κ2) is 8.79. The average Bonchev–Trinajstić information content (AvgIpc) is 3.04. The Bertz CT molecular complexity index is 792. The van der Waals surface area contributed by atoms with Gasteiger partial charge in [0.15, 0.2) is 5.11 Å². The molecule has 1 heterocycles. The topological polar surface area (TPSA) is 70.2 Å². The molecule has 0 fully saturated rings. The van der Waals surface area contributed by atoms with Gasteiger partial charge in [-0.15, -0.1) is 11.3 Å². The first-order valence-corrected chi connectivity index (χ1v) is 8.58. The van der Waals surface area contributed by atoms with Gasteiger partial charge in [0, 0.05) is 16.0 Å². The predicted molar refractivity (Wildman–Crippen MR) is 101 cm³/mol. The Labute approximate surface area is 157 Å². The van der Waals surface area contributed by atoms with Gasteiger partial charge in [0.2, 0.25) is 5.91 Å². The van der Waals surface area contributed by atoms with Crippen LogP contribution in [0.1, 0.15) is 15.2 Å². The number of thiophene rings is 1. The van der Waals surface area contributed by atoms with Crippen LogP contribution in [-0.2, 0) is 4.79 Å². The van der Waals surface area contributed by atoms with Gasteiger partial charge in [0.05, 0.1) is 10.6 Å². The fraction of sp³-hybridized carbons (Fsp3) is 0. The number of rotatable bonds is 3. The van der Waals surface area contributed by atoms with Crippen LogP contribution in [0.2, 0.25) is 10.0 Å². The highest BCUT2D eigenvalue weighted by Gasteiger charge is 2.11. The number of benzene rings is 1. The van der Waals surface area contributed by atoms with Gasteiger partial charge in [0.25, 0.3) is 5.91 Å². The summed E-state index contributed by atoms with van der Waals surface area (Å²) >= 11 is 18.1. The lowest BCUT2D eigenvalue weighted by atomic mass is 10.2. The summed E-state index contributed by atoms with van der Waals surface area (Å²) in [7, 11) is 0. The number of thiocarbonyl (C=S) groups is 1. The molecule has 9 heteroatoms. The van der Waals surface area contributed by atoms with Crippen molar-refractivity contribution >= 4 is 69.8 Å². The first kappa shape index (κ1) is 18.4. The van der Waals surface area contributed by atoms with Crippen LogP contribution in [0.5, 0.6) is 0 Å². The minimum atomic E-state index is -0.512.